The third kappa shape index (κ3) is 3.69. The molecule has 6 aliphatic rings. The van der Waals surface area contributed by atoms with Crippen molar-refractivity contribution in [1.82, 2.24) is 0 Å². The topological polar surface area (TPSA) is 46.5 Å². The molecule has 6 rings (SSSR count). The van der Waals surface area contributed by atoms with E-state index in [4.69, 9.17) is 4.74 Å². The Labute approximate surface area is 196 Å². The lowest BCUT2D eigenvalue weighted by Crippen LogP contribution is -2.66. The van der Waals surface area contributed by atoms with Crippen molar-refractivity contribution >= 4 is 5.97 Å². The summed E-state index contributed by atoms with van der Waals surface area (Å²) in [7, 11) is 0. The molecule has 0 aromatic carbocycles. The minimum absolute atomic E-state index is 0.0995. The fraction of sp³-hybridized carbons (Fsp3) is 0.960. The zero-order valence-electron chi connectivity index (χ0n) is 19.6. The van der Waals surface area contributed by atoms with Crippen LogP contribution >= 0.6 is 0 Å². The number of halogens is 6. The Morgan fingerprint density at radius 1 is 0.882 bits per heavy atom. The molecule has 34 heavy (non-hydrogen) atoms. The molecule has 0 saturated heterocycles. The van der Waals surface area contributed by atoms with Crippen LogP contribution in [-0.2, 0) is 9.53 Å². The van der Waals surface area contributed by atoms with Crippen LogP contribution < -0.4 is 0 Å². The molecule has 9 heteroatoms. The standard InChI is InChI=1S/C25H34F6O3/c1-12-13(2)18-6-17(12)7-19(18)21(32)34-20(23(33,24(26,27)28)25(29,30)31)11-22-8-14-3-15(9-22)5-16(4-14)10-22/h12-20,33H,3-11H2,1-2H3. The van der Waals surface area contributed by atoms with E-state index in [-0.39, 0.29) is 17.8 Å². The van der Waals surface area contributed by atoms with E-state index >= 15 is 0 Å². The first-order chi connectivity index (χ1) is 15.6. The molecular formula is C25H34F6O3. The van der Waals surface area contributed by atoms with Crippen molar-refractivity contribution < 1.29 is 41.0 Å². The van der Waals surface area contributed by atoms with Gasteiger partial charge >= 0.3 is 18.3 Å². The van der Waals surface area contributed by atoms with E-state index < -0.39 is 47.8 Å². The number of fused-ring (bicyclic) bond motifs is 2. The Hall–Kier alpha value is -0.990. The predicted octanol–water partition coefficient (Wildman–Crippen LogP) is 6.29. The summed E-state index contributed by atoms with van der Waals surface area (Å²) in [4.78, 5) is 13.1. The van der Waals surface area contributed by atoms with Gasteiger partial charge < -0.3 is 9.84 Å². The highest BCUT2D eigenvalue weighted by atomic mass is 19.4. The van der Waals surface area contributed by atoms with Crippen LogP contribution in [0.4, 0.5) is 26.3 Å². The van der Waals surface area contributed by atoms with E-state index in [9.17, 15) is 36.2 Å². The minimum atomic E-state index is -6.02. The van der Waals surface area contributed by atoms with Crippen LogP contribution in [0.25, 0.3) is 0 Å². The smallest absolute Gasteiger partial charge is 0.430 e. The number of ether oxygens (including phenoxy) is 1. The van der Waals surface area contributed by atoms with Crippen LogP contribution in [0.2, 0.25) is 0 Å². The van der Waals surface area contributed by atoms with Gasteiger partial charge in [0.15, 0.2) is 0 Å². The van der Waals surface area contributed by atoms with Crippen LogP contribution in [0, 0.1) is 52.8 Å². The monoisotopic (exact) mass is 496 g/mol. The number of carbonyl (C=O) groups is 1. The quantitative estimate of drug-likeness (QED) is 0.360. The van der Waals surface area contributed by atoms with E-state index in [1.807, 2.05) is 6.92 Å². The van der Waals surface area contributed by atoms with Crippen molar-refractivity contribution in [3.05, 3.63) is 0 Å². The van der Waals surface area contributed by atoms with Gasteiger partial charge in [-0.3, -0.25) is 4.79 Å². The number of aliphatic hydroxyl groups is 1. The van der Waals surface area contributed by atoms with Gasteiger partial charge in [-0.25, -0.2) is 0 Å². The van der Waals surface area contributed by atoms with Crippen molar-refractivity contribution in [2.45, 2.75) is 95.7 Å². The first-order valence-corrected chi connectivity index (χ1v) is 12.7. The zero-order chi connectivity index (χ0) is 24.8. The van der Waals surface area contributed by atoms with Crippen molar-refractivity contribution in [3.63, 3.8) is 0 Å². The van der Waals surface area contributed by atoms with Gasteiger partial charge in [0.05, 0.1) is 5.92 Å². The number of rotatable bonds is 5. The molecule has 0 amide bonds. The van der Waals surface area contributed by atoms with Crippen LogP contribution in [0.15, 0.2) is 0 Å². The Morgan fingerprint density at radius 3 is 1.79 bits per heavy atom. The van der Waals surface area contributed by atoms with Gasteiger partial charge in [0.2, 0.25) is 0 Å². The van der Waals surface area contributed by atoms with Crippen molar-refractivity contribution in [1.29, 1.82) is 0 Å². The van der Waals surface area contributed by atoms with E-state index in [0.29, 0.717) is 49.4 Å². The van der Waals surface area contributed by atoms with Gasteiger partial charge in [-0.1, -0.05) is 13.8 Å². The second-order valence-electron chi connectivity index (χ2n) is 12.5. The summed E-state index contributed by atoms with van der Waals surface area (Å²) in [5.74, 6) is -0.197. The van der Waals surface area contributed by atoms with E-state index in [1.165, 1.54) is 0 Å². The SMILES string of the molecule is CC1C2CC(C(=O)OC(CC34CC5CC(CC(C5)C3)C4)C(O)(C(F)(F)F)C(F)(F)F)C(C2)C1C. The van der Waals surface area contributed by atoms with Crippen molar-refractivity contribution in [2.75, 3.05) is 0 Å². The lowest BCUT2D eigenvalue weighted by Gasteiger charge is -2.58. The Balaban J connectivity index is 1.45. The maximum Gasteiger partial charge on any atom is 0.430 e. The van der Waals surface area contributed by atoms with Gasteiger partial charge in [-0.15, -0.1) is 0 Å². The highest BCUT2D eigenvalue weighted by molar-refractivity contribution is 5.74. The maximum absolute atomic E-state index is 13.9. The zero-order valence-corrected chi connectivity index (χ0v) is 19.6. The summed E-state index contributed by atoms with van der Waals surface area (Å²) in [6.45, 7) is 4.04. The first kappa shape index (κ1) is 24.7. The third-order valence-corrected chi connectivity index (χ3v) is 10.6. The number of alkyl halides is 6. The fourth-order valence-corrected chi connectivity index (χ4v) is 9.17. The van der Waals surface area contributed by atoms with Gasteiger partial charge in [0.1, 0.15) is 6.10 Å². The summed E-state index contributed by atoms with van der Waals surface area (Å²) in [6, 6.07) is 0. The average molecular weight is 497 g/mol. The molecule has 6 fully saturated rings. The lowest BCUT2D eigenvalue weighted by molar-refractivity contribution is -0.394. The molecule has 0 heterocycles. The summed E-state index contributed by atoms with van der Waals surface area (Å²) in [5, 5.41) is 10.3. The van der Waals surface area contributed by atoms with Crippen LogP contribution in [-0.4, -0.2) is 35.1 Å². The van der Waals surface area contributed by atoms with Crippen LogP contribution in [0.1, 0.15) is 71.6 Å². The number of carbonyl (C=O) groups excluding carboxylic acids is 1. The molecule has 6 saturated carbocycles. The molecule has 194 valence electrons. The molecule has 6 unspecified atom stereocenters. The molecule has 0 aromatic heterocycles. The minimum Gasteiger partial charge on any atom is -0.458 e. The molecule has 6 aliphatic carbocycles. The van der Waals surface area contributed by atoms with Gasteiger partial charge in [0.25, 0.3) is 5.60 Å². The molecule has 0 aromatic rings. The maximum atomic E-state index is 13.9. The van der Waals surface area contributed by atoms with Gasteiger partial charge in [0, 0.05) is 0 Å². The Morgan fingerprint density at radius 2 is 1.38 bits per heavy atom. The van der Waals surface area contributed by atoms with E-state index in [2.05, 4.69) is 6.92 Å². The second kappa shape index (κ2) is 7.75. The van der Waals surface area contributed by atoms with Crippen molar-refractivity contribution in [2.24, 2.45) is 52.8 Å². The third-order valence-electron chi connectivity index (χ3n) is 10.6. The molecule has 0 spiro atoms. The molecule has 0 aliphatic heterocycles. The van der Waals surface area contributed by atoms with E-state index in [1.54, 1.807) is 0 Å². The van der Waals surface area contributed by atoms with Crippen LogP contribution in [0.5, 0.6) is 0 Å². The predicted molar refractivity (Wildman–Crippen MR) is 110 cm³/mol. The van der Waals surface area contributed by atoms with Crippen molar-refractivity contribution in [3.8, 4) is 0 Å². The number of hydrogen-bond donors (Lipinski definition) is 1. The summed E-state index contributed by atoms with van der Waals surface area (Å²) in [6.07, 6.45) is -9.63. The second-order valence-corrected chi connectivity index (χ2v) is 12.5. The van der Waals surface area contributed by atoms with Gasteiger partial charge in [-0.05, 0) is 105 Å². The number of hydrogen-bond acceptors (Lipinski definition) is 3. The Bertz CT molecular complexity index is 769. The first-order valence-electron chi connectivity index (χ1n) is 12.7. The molecule has 1 N–H and O–H groups in total. The normalized spacial score (nSPS) is 44.5. The highest BCUT2D eigenvalue weighted by Gasteiger charge is 2.76. The average Bonchev–Trinajstić information content (AvgIpc) is 3.24. The summed E-state index contributed by atoms with van der Waals surface area (Å²) < 4.78 is 88.8. The molecule has 6 bridgehead atoms. The molecule has 3 nitrogen and oxygen atoms in total. The molecular weight excluding hydrogens is 462 g/mol. The van der Waals surface area contributed by atoms with Crippen LogP contribution in [0.3, 0.4) is 0 Å². The highest BCUT2D eigenvalue weighted by Crippen LogP contribution is 2.63. The lowest BCUT2D eigenvalue weighted by atomic mass is 9.48. The summed E-state index contributed by atoms with van der Waals surface area (Å²) in [5.41, 5.74) is -5.84. The molecule has 6 atom stereocenters. The van der Waals surface area contributed by atoms with E-state index in [0.717, 1.165) is 25.7 Å². The largest absolute Gasteiger partial charge is 0.458 e. The Kier molecular flexibility index (Phi) is 5.63. The van der Waals surface area contributed by atoms with Gasteiger partial charge in [-0.2, -0.15) is 26.3 Å². The fourth-order valence-electron chi connectivity index (χ4n) is 9.17. The number of esters is 1. The molecule has 0 radical (unpaired) electrons. The summed E-state index contributed by atoms with van der Waals surface area (Å²) >= 11 is 0.